The number of aryl methyl sites for hydroxylation is 2. The monoisotopic (exact) mass is 359 g/mol. The van der Waals surface area contributed by atoms with Gasteiger partial charge in [0.1, 0.15) is 0 Å². The van der Waals surface area contributed by atoms with E-state index in [0.29, 0.717) is 11.1 Å². The number of thiophene rings is 1. The second kappa shape index (κ2) is 6.81. The number of carbonyl (C=O) groups is 1. The maximum Gasteiger partial charge on any atom is 0.339 e. The number of benzene rings is 1. The van der Waals surface area contributed by atoms with Crippen LogP contribution in [0.3, 0.4) is 0 Å². The van der Waals surface area contributed by atoms with Crippen LogP contribution in [0.5, 0.6) is 0 Å². The van der Waals surface area contributed by atoms with E-state index in [4.69, 9.17) is 9.26 Å². The van der Waals surface area contributed by atoms with Gasteiger partial charge in [0.25, 0.3) is 11.6 Å². The van der Waals surface area contributed by atoms with Crippen molar-refractivity contribution < 1.29 is 19.0 Å². The first-order chi connectivity index (χ1) is 11.9. The lowest BCUT2D eigenvalue weighted by molar-refractivity contribution is -0.384. The van der Waals surface area contributed by atoms with Crippen molar-refractivity contribution in [3.63, 3.8) is 0 Å². The molecule has 0 radical (unpaired) electrons. The zero-order chi connectivity index (χ0) is 18.0. The molecule has 128 valence electrons. The standard InChI is InChI=1S/C16H13N3O5S/c1-9-7-13(10(2)25-9)16(20)23-8-14-17-15(18-24-14)11-3-5-12(6-4-11)19(21)22/h3-7H,8H2,1-2H3. The Bertz CT molecular complexity index is 930. The molecule has 0 saturated carbocycles. The van der Waals surface area contributed by atoms with Crippen LogP contribution in [0.15, 0.2) is 34.9 Å². The van der Waals surface area contributed by atoms with E-state index >= 15 is 0 Å². The van der Waals surface area contributed by atoms with Crippen LogP contribution in [0.25, 0.3) is 11.4 Å². The Hall–Kier alpha value is -3.07. The summed E-state index contributed by atoms with van der Waals surface area (Å²) in [4.78, 5) is 28.3. The zero-order valence-corrected chi connectivity index (χ0v) is 14.2. The summed E-state index contributed by atoms with van der Waals surface area (Å²) in [5.41, 5.74) is 1.07. The molecule has 8 nitrogen and oxygen atoms in total. The average molecular weight is 359 g/mol. The van der Waals surface area contributed by atoms with Crippen LogP contribution in [0.2, 0.25) is 0 Å². The minimum Gasteiger partial charge on any atom is -0.452 e. The molecule has 0 atom stereocenters. The molecule has 0 saturated heterocycles. The van der Waals surface area contributed by atoms with E-state index in [-0.39, 0.29) is 24.0 Å². The number of esters is 1. The molecule has 9 heteroatoms. The van der Waals surface area contributed by atoms with Crippen molar-refractivity contribution in [1.29, 1.82) is 0 Å². The third-order valence-corrected chi connectivity index (χ3v) is 4.36. The van der Waals surface area contributed by atoms with E-state index < -0.39 is 10.9 Å². The Morgan fingerprint density at radius 1 is 1.32 bits per heavy atom. The SMILES string of the molecule is Cc1cc(C(=O)OCc2nc(-c3ccc([N+](=O)[O-])cc3)no2)c(C)s1. The number of carbonyl (C=O) groups excluding carboxylic acids is 1. The first-order valence-electron chi connectivity index (χ1n) is 7.25. The first kappa shape index (κ1) is 16.8. The Morgan fingerprint density at radius 2 is 2.04 bits per heavy atom. The fraction of sp³-hybridized carbons (Fsp3) is 0.188. The largest absolute Gasteiger partial charge is 0.452 e. The molecule has 0 spiro atoms. The fourth-order valence-electron chi connectivity index (χ4n) is 2.20. The Balaban J connectivity index is 1.66. The molecule has 0 aliphatic rings. The zero-order valence-electron chi connectivity index (χ0n) is 13.4. The van der Waals surface area contributed by atoms with Crippen molar-refractivity contribution in [2.75, 3.05) is 0 Å². The van der Waals surface area contributed by atoms with Gasteiger partial charge in [0.15, 0.2) is 6.61 Å². The molecule has 2 aromatic heterocycles. The van der Waals surface area contributed by atoms with E-state index in [2.05, 4.69) is 10.1 Å². The van der Waals surface area contributed by atoms with Gasteiger partial charge in [0.05, 0.1) is 10.5 Å². The summed E-state index contributed by atoms with van der Waals surface area (Å²) < 4.78 is 10.2. The number of aromatic nitrogens is 2. The van der Waals surface area contributed by atoms with Crippen LogP contribution in [0.4, 0.5) is 5.69 Å². The van der Waals surface area contributed by atoms with Gasteiger partial charge in [0.2, 0.25) is 5.82 Å². The third kappa shape index (κ3) is 3.72. The molecule has 0 aliphatic heterocycles. The minimum absolute atomic E-state index is 0.0252. The minimum atomic E-state index is -0.487. The first-order valence-corrected chi connectivity index (χ1v) is 8.07. The van der Waals surface area contributed by atoms with E-state index in [0.717, 1.165) is 9.75 Å². The lowest BCUT2D eigenvalue weighted by atomic mass is 10.2. The number of rotatable bonds is 5. The molecule has 0 fully saturated rings. The normalized spacial score (nSPS) is 10.6. The van der Waals surface area contributed by atoms with Crippen molar-refractivity contribution >= 4 is 23.0 Å². The molecule has 0 N–H and O–H groups in total. The average Bonchev–Trinajstić information content (AvgIpc) is 3.19. The molecule has 0 unspecified atom stereocenters. The summed E-state index contributed by atoms with van der Waals surface area (Å²) in [5, 5.41) is 14.4. The maximum absolute atomic E-state index is 12.1. The summed E-state index contributed by atoms with van der Waals surface area (Å²) in [6, 6.07) is 7.53. The van der Waals surface area contributed by atoms with Crippen LogP contribution in [-0.2, 0) is 11.3 Å². The number of nitro groups is 1. The lowest BCUT2D eigenvalue weighted by Crippen LogP contribution is -2.05. The van der Waals surface area contributed by atoms with Crippen molar-refractivity contribution in [3.05, 3.63) is 61.7 Å². The molecule has 1 aromatic carbocycles. The second-order valence-electron chi connectivity index (χ2n) is 5.22. The van der Waals surface area contributed by atoms with Gasteiger partial charge in [-0.25, -0.2) is 4.79 Å². The Labute approximate surface area is 146 Å². The van der Waals surface area contributed by atoms with E-state index in [1.807, 2.05) is 13.8 Å². The number of hydrogen-bond acceptors (Lipinski definition) is 8. The van der Waals surface area contributed by atoms with Crippen LogP contribution >= 0.6 is 11.3 Å². The molecule has 3 rings (SSSR count). The Morgan fingerprint density at radius 3 is 2.64 bits per heavy atom. The molecule has 2 heterocycles. The summed E-state index contributed by atoms with van der Waals surface area (Å²) in [6.07, 6.45) is 0. The number of nitro benzene ring substituents is 1. The number of nitrogens with zero attached hydrogens (tertiary/aromatic N) is 3. The predicted octanol–water partition coefficient (Wildman–Crippen LogP) is 3.68. The number of non-ortho nitro benzene ring substituents is 1. The summed E-state index contributed by atoms with van der Waals surface area (Å²) in [6.45, 7) is 3.63. The highest BCUT2D eigenvalue weighted by molar-refractivity contribution is 7.12. The van der Waals surface area contributed by atoms with Crippen LogP contribution in [0, 0.1) is 24.0 Å². The van der Waals surface area contributed by atoms with Gasteiger partial charge in [-0.15, -0.1) is 11.3 Å². The number of ether oxygens (including phenoxy) is 1. The summed E-state index contributed by atoms with van der Waals surface area (Å²) in [5.74, 6) is -0.0354. The summed E-state index contributed by atoms with van der Waals surface area (Å²) in [7, 11) is 0. The van der Waals surface area contributed by atoms with Gasteiger partial charge >= 0.3 is 5.97 Å². The fourth-order valence-corrected chi connectivity index (χ4v) is 3.11. The quantitative estimate of drug-likeness (QED) is 0.388. The van der Waals surface area contributed by atoms with Crippen molar-refractivity contribution in [3.8, 4) is 11.4 Å². The highest BCUT2D eigenvalue weighted by atomic mass is 32.1. The van der Waals surface area contributed by atoms with Crippen molar-refractivity contribution in [2.45, 2.75) is 20.5 Å². The van der Waals surface area contributed by atoms with E-state index in [1.54, 1.807) is 6.07 Å². The number of hydrogen-bond donors (Lipinski definition) is 0. The second-order valence-corrected chi connectivity index (χ2v) is 6.68. The third-order valence-electron chi connectivity index (χ3n) is 3.39. The molecule has 0 bridgehead atoms. The molecular weight excluding hydrogens is 346 g/mol. The van der Waals surface area contributed by atoms with Gasteiger partial charge in [-0.2, -0.15) is 4.98 Å². The topological polar surface area (TPSA) is 108 Å². The molecular formula is C16H13N3O5S. The van der Waals surface area contributed by atoms with Gasteiger partial charge < -0.3 is 9.26 Å². The Kier molecular flexibility index (Phi) is 4.57. The van der Waals surface area contributed by atoms with Gasteiger partial charge in [-0.05, 0) is 32.0 Å². The van der Waals surface area contributed by atoms with Crippen LogP contribution in [0.1, 0.15) is 26.0 Å². The smallest absolute Gasteiger partial charge is 0.339 e. The van der Waals surface area contributed by atoms with Crippen LogP contribution in [-0.4, -0.2) is 21.0 Å². The van der Waals surface area contributed by atoms with Gasteiger partial charge in [-0.1, -0.05) is 5.16 Å². The van der Waals surface area contributed by atoms with E-state index in [9.17, 15) is 14.9 Å². The lowest BCUT2D eigenvalue weighted by Gasteiger charge is -2.00. The molecule has 3 aromatic rings. The highest BCUT2D eigenvalue weighted by Crippen LogP contribution is 2.22. The summed E-state index contributed by atoms with van der Waals surface area (Å²) >= 11 is 1.52. The van der Waals surface area contributed by atoms with Crippen molar-refractivity contribution in [2.24, 2.45) is 0 Å². The molecule has 0 aliphatic carbocycles. The van der Waals surface area contributed by atoms with Crippen molar-refractivity contribution in [1.82, 2.24) is 10.1 Å². The van der Waals surface area contributed by atoms with Gasteiger partial charge in [0, 0.05) is 27.5 Å². The van der Waals surface area contributed by atoms with E-state index in [1.165, 1.54) is 35.6 Å². The molecule has 0 amide bonds. The van der Waals surface area contributed by atoms with Crippen LogP contribution < -0.4 is 0 Å². The molecule has 25 heavy (non-hydrogen) atoms. The highest BCUT2D eigenvalue weighted by Gasteiger charge is 2.16. The maximum atomic E-state index is 12.1. The predicted molar refractivity (Wildman–Crippen MR) is 89.3 cm³/mol. The van der Waals surface area contributed by atoms with Gasteiger partial charge in [-0.3, -0.25) is 10.1 Å².